The van der Waals surface area contributed by atoms with Crippen LogP contribution in [0.3, 0.4) is 0 Å². The molecule has 0 aliphatic carbocycles. The van der Waals surface area contributed by atoms with E-state index in [1.807, 2.05) is 6.07 Å². The summed E-state index contributed by atoms with van der Waals surface area (Å²) >= 11 is 18.0. The molecule has 90 valence electrons. The second-order valence-electron chi connectivity index (χ2n) is 3.60. The molecule has 0 N–H and O–H groups in total. The van der Waals surface area contributed by atoms with Gasteiger partial charge in [-0.3, -0.25) is 0 Å². The van der Waals surface area contributed by atoms with Gasteiger partial charge in [0.25, 0.3) is 0 Å². The maximum Gasteiger partial charge on any atom is 0.129 e. The predicted octanol–water partition coefficient (Wildman–Crippen LogP) is 4.77. The van der Waals surface area contributed by atoms with Gasteiger partial charge in [-0.25, -0.2) is 4.98 Å². The highest BCUT2D eigenvalue weighted by Crippen LogP contribution is 2.35. The Labute approximate surface area is 120 Å². The summed E-state index contributed by atoms with van der Waals surface area (Å²) in [5.41, 5.74) is 2.30. The molecule has 0 aliphatic heterocycles. The highest BCUT2D eigenvalue weighted by molar-refractivity contribution is 6.43. The molecule has 0 fully saturated rings. The molecule has 0 spiro atoms. The van der Waals surface area contributed by atoms with Crippen molar-refractivity contribution in [1.82, 2.24) is 4.98 Å². The van der Waals surface area contributed by atoms with Gasteiger partial charge in [-0.1, -0.05) is 46.9 Å². The van der Waals surface area contributed by atoms with Crippen LogP contribution in [0.1, 0.15) is 5.56 Å². The molecular weight excluding hydrogens is 291 g/mol. The number of rotatable bonds is 2. The summed E-state index contributed by atoms with van der Waals surface area (Å²) in [6.45, 7) is 0. The molecule has 2 nitrogen and oxygen atoms in total. The van der Waals surface area contributed by atoms with Crippen molar-refractivity contribution in [2.75, 3.05) is 0 Å². The highest BCUT2D eigenvalue weighted by Gasteiger charge is 2.12. The van der Waals surface area contributed by atoms with Crippen LogP contribution in [0.15, 0.2) is 30.5 Å². The predicted molar refractivity (Wildman–Crippen MR) is 74.0 cm³/mol. The molecular formula is C13H7Cl3N2. The van der Waals surface area contributed by atoms with E-state index in [4.69, 9.17) is 40.1 Å². The Kier molecular flexibility index (Phi) is 4.08. The Morgan fingerprint density at radius 2 is 1.94 bits per heavy atom. The third kappa shape index (κ3) is 2.59. The number of aromatic nitrogens is 1. The summed E-state index contributed by atoms with van der Waals surface area (Å²) in [6.07, 6.45) is 1.84. The lowest BCUT2D eigenvalue weighted by Crippen LogP contribution is -1.92. The Morgan fingerprint density at radius 1 is 1.17 bits per heavy atom. The molecule has 0 saturated heterocycles. The lowest BCUT2D eigenvalue weighted by Gasteiger charge is -2.09. The van der Waals surface area contributed by atoms with Crippen LogP contribution in [0.5, 0.6) is 0 Å². The summed E-state index contributed by atoms with van der Waals surface area (Å²) in [7, 11) is 0. The molecule has 0 radical (unpaired) electrons. The molecule has 0 aliphatic rings. The van der Waals surface area contributed by atoms with Crippen LogP contribution in [0.4, 0.5) is 0 Å². The summed E-state index contributed by atoms with van der Waals surface area (Å²) in [5.74, 6) is 0. The van der Waals surface area contributed by atoms with E-state index >= 15 is 0 Å². The zero-order valence-electron chi connectivity index (χ0n) is 9.12. The van der Waals surface area contributed by atoms with E-state index in [1.54, 1.807) is 24.4 Å². The summed E-state index contributed by atoms with van der Waals surface area (Å²) in [5, 5.41) is 10.1. The van der Waals surface area contributed by atoms with E-state index in [9.17, 15) is 0 Å². The van der Waals surface area contributed by atoms with Crippen molar-refractivity contribution < 1.29 is 0 Å². The summed E-state index contributed by atoms with van der Waals surface area (Å²) < 4.78 is 0. The first-order valence-electron chi connectivity index (χ1n) is 5.09. The van der Waals surface area contributed by atoms with Crippen molar-refractivity contribution in [2.24, 2.45) is 0 Å². The average Bonchev–Trinajstić information content (AvgIpc) is 2.34. The second kappa shape index (κ2) is 5.58. The first-order valence-corrected chi connectivity index (χ1v) is 6.22. The molecule has 0 bridgehead atoms. The maximum atomic E-state index is 8.83. The third-order valence-corrected chi connectivity index (χ3v) is 3.49. The minimum Gasteiger partial charge on any atom is -0.244 e. The maximum absolute atomic E-state index is 8.83. The molecule has 1 aromatic heterocycles. The van der Waals surface area contributed by atoms with Crippen molar-refractivity contribution in [3.63, 3.8) is 0 Å². The van der Waals surface area contributed by atoms with E-state index in [1.165, 1.54) is 0 Å². The molecule has 2 rings (SSSR count). The summed E-state index contributed by atoms with van der Waals surface area (Å²) in [4.78, 5) is 4.02. The van der Waals surface area contributed by atoms with E-state index in [2.05, 4.69) is 11.1 Å². The largest absolute Gasteiger partial charge is 0.244 e. The van der Waals surface area contributed by atoms with Crippen LogP contribution < -0.4 is 0 Å². The smallest absolute Gasteiger partial charge is 0.129 e. The molecule has 0 unspecified atom stereocenters. The average molecular weight is 298 g/mol. The van der Waals surface area contributed by atoms with Gasteiger partial charge in [0.2, 0.25) is 0 Å². The van der Waals surface area contributed by atoms with Gasteiger partial charge in [0, 0.05) is 17.3 Å². The normalized spacial score (nSPS) is 10.1. The molecule has 1 heterocycles. The fourth-order valence-corrected chi connectivity index (χ4v) is 2.24. The standard InChI is InChI=1S/C13H7Cl3N2/c14-11-3-1-2-9(13(11)16)10-7-18-12(15)6-8(10)4-5-17/h1-3,6-7H,4H2. The number of pyridine rings is 1. The van der Waals surface area contributed by atoms with Crippen LogP contribution in [0, 0.1) is 11.3 Å². The van der Waals surface area contributed by atoms with Crippen molar-refractivity contribution in [2.45, 2.75) is 6.42 Å². The fourth-order valence-electron chi connectivity index (χ4n) is 1.65. The summed E-state index contributed by atoms with van der Waals surface area (Å²) in [6, 6.07) is 9.10. The van der Waals surface area contributed by atoms with E-state index in [0.29, 0.717) is 15.2 Å². The monoisotopic (exact) mass is 296 g/mol. The van der Waals surface area contributed by atoms with Gasteiger partial charge in [-0.2, -0.15) is 5.26 Å². The van der Waals surface area contributed by atoms with Crippen LogP contribution in [-0.4, -0.2) is 4.98 Å². The second-order valence-corrected chi connectivity index (χ2v) is 4.77. The van der Waals surface area contributed by atoms with Crippen LogP contribution in [0.2, 0.25) is 15.2 Å². The molecule has 1 aromatic carbocycles. The first kappa shape index (κ1) is 13.2. The topological polar surface area (TPSA) is 36.7 Å². The molecule has 0 saturated carbocycles. The van der Waals surface area contributed by atoms with Gasteiger partial charge in [-0.05, 0) is 17.7 Å². The number of halogens is 3. The van der Waals surface area contributed by atoms with Crippen molar-refractivity contribution in [1.29, 1.82) is 5.26 Å². The van der Waals surface area contributed by atoms with Crippen molar-refractivity contribution >= 4 is 34.8 Å². The Balaban J connectivity index is 2.64. The molecule has 5 heteroatoms. The highest BCUT2D eigenvalue weighted by atomic mass is 35.5. The zero-order valence-corrected chi connectivity index (χ0v) is 11.4. The van der Waals surface area contributed by atoms with Crippen molar-refractivity contribution in [3.8, 4) is 17.2 Å². The number of nitriles is 1. The Hall–Kier alpha value is -1.27. The quantitative estimate of drug-likeness (QED) is 0.748. The minimum atomic E-state index is 0.237. The lowest BCUT2D eigenvalue weighted by molar-refractivity contribution is 1.21. The van der Waals surface area contributed by atoms with E-state index < -0.39 is 0 Å². The fraction of sp³-hybridized carbons (Fsp3) is 0.0769. The molecule has 0 amide bonds. The van der Waals surface area contributed by atoms with Crippen molar-refractivity contribution in [3.05, 3.63) is 51.2 Å². The van der Waals surface area contributed by atoms with E-state index in [0.717, 1.165) is 16.7 Å². The molecule has 0 atom stereocenters. The Morgan fingerprint density at radius 3 is 2.67 bits per heavy atom. The molecule has 2 aromatic rings. The number of nitrogens with zero attached hydrogens (tertiary/aromatic N) is 2. The van der Waals surface area contributed by atoms with Crippen LogP contribution in [0.25, 0.3) is 11.1 Å². The van der Waals surface area contributed by atoms with Gasteiger partial charge in [-0.15, -0.1) is 0 Å². The molecule has 18 heavy (non-hydrogen) atoms. The number of hydrogen-bond donors (Lipinski definition) is 0. The first-order chi connectivity index (χ1) is 8.63. The number of benzene rings is 1. The lowest BCUT2D eigenvalue weighted by atomic mass is 10.0. The zero-order chi connectivity index (χ0) is 13.1. The van der Waals surface area contributed by atoms with E-state index in [-0.39, 0.29) is 6.42 Å². The van der Waals surface area contributed by atoms with Gasteiger partial charge in [0.05, 0.1) is 22.5 Å². The van der Waals surface area contributed by atoms with Crippen LogP contribution in [-0.2, 0) is 6.42 Å². The SMILES string of the molecule is N#CCc1cc(Cl)ncc1-c1cccc(Cl)c1Cl. The van der Waals surface area contributed by atoms with Gasteiger partial charge < -0.3 is 0 Å². The van der Waals surface area contributed by atoms with Gasteiger partial charge in [0.1, 0.15) is 5.15 Å². The number of hydrogen-bond acceptors (Lipinski definition) is 2. The minimum absolute atomic E-state index is 0.237. The third-order valence-electron chi connectivity index (χ3n) is 2.47. The Bertz CT molecular complexity index is 633. The van der Waals surface area contributed by atoms with Gasteiger partial charge >= 0.3 is 0 Å². The van der Waals surface area contributed by atoms with Gasteiger partial charge in [0.15, 0.2) is 0 Å². The van der Waals surface area contributed by atoms with Crippen LogP contribution >= 0.6 is 34.8 Å².